The summed E-state index contributed by atoms with van der Waals surface area (Å²) in [5, 5.41) is 27.7. The topological polar surface area (TPSA) is 60.7 Å². The molecule has 3 heteroatoms. The Labute approximate surface area is 170 Å². The molecular weight excluding hydrogens is 360 g/mol. The van der Waals surface area contributed by atoms with Gasteiger partial charge in [-0.25, -0.2) is 0 Å². The van der Waals surface area contributed by atoms with Crippen LogP contribution in [0.15, 0.2) is 103 Å². The second-order valence-corrected chi connectivity index (χ2v) is 6.44. The van der Waals surface area contributed by atoms with Crippen molar-refractivity contribution in [3.05, 3.63) is 114 Å². The summed E-state index contributed by atoms with van der Waals surface area (Å²) in [4.78, 5) is 0. The normalized spacial score (nSPS) is 10.3. The van der Waals surface area contributed by atoms with Crippen LogP contribution in [0.1, 0.15) is 11.1 Å². The molecule has 0 heterocycles. The molecule has 4 aromatic carbocycles. The predicted octanol–water partition coefficient (Wildman–Crippen LogP) is 6.33. The maximum atomic E-state index is 9.30. The van der Waals surface area contributed by atoms with Crippen LogP contribution in [0.25, 0.3) is 23.3 Å². The monoisotopic (exact) mass is 382 g/mol. The lowest BCUT2D eigenvalue weighted by atomic mass is 10.1. The molecule has 0 aliphatic rings. The van der Waals surface area contributed by atoms with E-state index in [0.717, 1.165) is 5.56 Å². The molecule has 144 valence electrons. The van der Waals surface area contributed by atoms with Crippen molar-refractivity contribution in [1.29, 1.82) is 0 Å². The third-order valence-corrected chi connectivity index (χ3v) is 4.17. The van der Waals surface area contributed by atoms with Crippen molar-refractivity contribution in [2.24, 2.45) is 0 Å². The third-order valence-electron chi connectivity index (χ3n) is 4.17. The molecule has 0 aliphatic carbocycles. The van der Waals surface area contributed by atoms with Crippen molar-refractivity contribution in [3.63, 3.8) is 0 Å². The standard InChI is InChI=1S/C14H12O3.C12H10/c15-12-5-3-10(4-6-12)1-2-11-7-13(16)9-14(17)8-11;1-3-7-11(8-4-1)12-9-5-2-6-10-12/h1-9,15-17H;1-10H/b2-1+;. The number of rotatable bonds is 3. The Morgan fingerprint density at radius 2 is 0.862 bits per heavy atom. The second kappa shape index (κ2) is 9.81. The Balaban J connectivity index is 0.000000176. The largest absolute Gasteiger partial charge is 0.508 e. The van der Waals surface area contributed by atoms with E-state index in [4.69, 9.17) is 5.11 Å². The minimum absolute atomic E-state index is 0.0235. The average molecular weight is 382 g/mol. The van der Waals surface area contributed by atoms with E-state index in [-0.39, 0.29) is 17.2 Å². The van der Waals surface area contributed by atoms with Gasteiger partial charge in [-0.3, -0.25) is 0 Å². The Kier molecular flexibility index (Phi) is 6.69. The van der Waals surface area contributed by atoms with E-state index < -0.39 is 0 Å². The van der Waals surface area contributed by atoms with Gasteiger partial charge in [0.15, 0.2) is 0 Å². The fourth-order valence-corrected chi connectivity index (χ4v) is 2.75. The Morgan fingerprint density at radius 1 is 0.414 bits per heavy atom. The van der Waals surface area contributed by atoms with Gasteiger partial charge < -0.3 is 15.3 Å². The number of aromatic hydroxyl groups is 3. The summed E-state index contributed by atoms with van der Waals surface area (Å²) in [7, 11) is 0. The highest BCUT2D eigenvalue weighted by Crippen LogP contribution is 2.22. The second-order valence-electron chi connectivity index (χ2n) is 6.44. The summed E-state index contributed by atoms with van der Waals surface area (Å²) in [5.74, 6) is 0.267. The molecule has 0 atom stereocenters. The van der Waals surface area contributed by atoms with Gasteiger partial charge in [-0.2, -0.15) is 0 Å². The third kappa shape index (κ3) is 6.29. The van der Waals surface area contributed by atoms with Crippen LogP contribution < -0.4 is 0 Å². The minimum Gasteiger partial charge on any atom is -0.508 e. The highest BCUT2D eigenvalue weighted by molar-refractivity contribution is 5.71. The molecule has 3 N–H and O–H groups in total. The first kappa shape index (κ1) is 19.8. The summed E-state index contributed by atoms with van der Waals surface area (Å²) in [6, 6.07) is 31.9. The molecule has 0 saturated carbocycles. The highest BCUT2D eigenvalue weighted by atomic mass is 16.3. The molecule has 4 aromatic rings. The lowest BCUT2D eigenvalue weighted by Gasteiger charge is -1.98. The van der Waals surface area contributed by atoms with E-state index in [1.54, 1.807) is 42.5 Å². The number of phenolic OH excluding ortho intramolecular Hbond substituents is 3. The summed E-state index contributed by atoms with van der Waals surface area (Å²) in [6.45, 7) is 0. The van der Waals surface area contributed by atoms with Crippen molar-refractivity contribution < 1.29 is 15.3 Å². The van der Waals surface area contributed by atoms with Gasteiger partial charge in [0.25, 0.3) is 0 Å². The Morgan fingerprint density at radius 3 is 1.34 bits per heavy atom. The lowest BCUT2D eigenvalue weighted by Crippen LogP contribution is -1.74. The number of hydrogen-bond donors (Lipinski definition) is 3. The SMILES string of the molecule is Oc1ccc(/C=C/c2cc(O)cc(O)c2)cc1.c1ccc(-c2ccccc2)cc1. The van der Waals surface area contributed by atoms with Gasteiger partial charge in [0, 0.05) is 6.07 Å². The van der Waals surface area contributed by atoms with Crippen molar-refractivity contribution in [2.75, 3.05) is 0 Å². The van der Waals surface area contributed by atoms with E-state index >= 15 is 0 Å². The first-order valence-corrected chi connectivity index (χ1v) is 9.21. The number of hydrogen-bond acceptors (Lipinski definition) is 3. The molecule has 0 unspecified atom stereocenters. The first-order chi connectivity index (χ1) is 14.1. The van der Waals surface area contributed by atoms with Crippen LogP contribution in [0.5, 0.6) is 17.2 Å². The Bertz CT molecular complexity index is 996. The molecule has 0 fully saturated rings. The fourth-order valence-electron chi connectivity index (χ4n) is 2.75. The zero-order valence-electron chi connectivity index (χ0n) is 15.8. The average Bonchev–Trinajstić information content (AvgIpc) is 2.74. The molecule has 0 bridgehead atoms. The van der Waals surface area contributed by atoms with Crippen LogP contribution >= 0.6 is 0 Å². The van der Waals surface area contributed by atoms with Crippen LogP contribution in [0, 0.1) is 0 Å². The van der Waals surface area contributed by atoms with Gasteiger partial charge in [0.1, 0.15) is 17.2 Å². The van der Waals surface area contributed by atoms with Gasteiger partial charge in [-0.05, 0) is 46.5 Å². The minimum atomic E-state index is 0.0235. The maximum Gasteiger partial charge on any atom is 0.119 e. The highest BCUT2D eigenvalue weighted by Gasteiger charge is 1.96. The maximum absolute atomic E-state index is 9.30. The van der Waals surface area contributed by atoms with E-state index in [9.17, 15) is 10.2 Å². The van der Waals surface area contributed by atoms with Gasteiger partial charge in [-0.15, -0.1) is 0 Å². The molecule has 29 heavy (non-hydrogen) atoms. The zero-order valence-corrected chi connectivity index (χ0v) is 15.8. The van der Waals surface area contributed by atoms with Crippen LogP contribution in [0.3, 0.4) is 0 Å². The summed E-state index contributed by atoms with van der Waals surface area (Å²) < 4.78 is 0. The number of benzene rings is 4. The summed E-state index contributed by atoms with van der Waals surface area (Å²) >= 11 is 0. The van der Waals surface area contributed by atoms with Crippen molar-refractivity contribution in [1.82, 2.24) is 0 Å². The molecule has 0 aromatic heterocycles. The van der Waals surface area contributed by atoms with Gasteiger partial charge in [-0.1, -0.05) is 84.9 Å². The molecule has 0 aliphatic heterocycles. The van der Waals surface area contributed by atoms with Gasteiger partial charge in [0.05, 0.1) is 0 Å². The van der Waals surface area contributed by atoms with E-state index in [1.165, 1.54) is 17.2 Å². The molecular formula is C26H22O3. The number of phenols is 3. The zero-order chi connectivity index (χ0) is 20.5. The molecule has 4 rings (SSSR count). The van der Waals surface area contributed by atoms with E-state index in [0.29, 0.717) is 5.56 Å². The summed E-state index contributed by atoms with van der Waals surface area (Å²) in [6.07, 6.45) is 3.60. The van der Waals surface area contributed by atoms with Gasteiger partial charge >= 0.3 is 0 Å². The predicted molar refractivity (Wildman–Crippen MR) is 119 cm³/mol. The molecule has 0 spiro atoms. The lowest BCUT2D eigenvalue weighted by molar-refractivity contribution is 0.450. The van der Waals surface area contributed by atoms with Crippen LogP contribution in [0.2, 0.25) is 0 Å². The van der Waals surface area contributed by atoms with Gasteiger partial charge in [0.2, 0.25) is 0 Å². The first-order valence-electron chi connectivity index (χ1n) is 9.21. The van der Waals surface area contributed by atoms with Crippen molar-refractivity contribution in [2.45, 2.75) is 0 Å². The molecule has 0 saturated heterocycles. The Hall–Kier alpha value is -3.98. The van der Waals surface area contributed by atoms with E-state index in [1.807, 2.05) is 18.2 Å². The van der Waals surface area contributed by atoms with Crippen LogP contribution in [-0.4, -0.2) is 15.3 Å². The smallest absolute Gasteiger partial charge is 0.119 e. The van der Waals surface area contributed by atoms with Crippen molar-refractivity contribution in [3.8, 4) is 28.4 Å². The molecule has 3 nitrogen and oxygen atoms in total. The van der Waals surface area contributed by atoms with E-state index in [2.05, 4.69) is 48.5 Å². The van der Waals surface area contributed by atoms with Crippen LogP contribution in [0.4, 0.5) is 0 Å². The molecule has 0 amide bonds. The molecule has 0 radical (unpaired) electrons. The van der Waals surface area contributed by atoms with Crippen molar-refractivity contribution >= 4 is 12.2 Å². The van der Waals surface area contributed by atoms with Crippen LogP contribution in [-0.2, 0) is 0 Å². The quantitative estimate of drug-likeness (QED) is 0.363. The fraction of sp³-hybridized carbons (Fsp3) is 0. The summed E-state index contributed by atoms with van der Waals surface area (Å²) in [5.41, 5.74) is 4.18.